The van der Waals surface area contributed by atoms with E-state index < -0.39 is 0 Å². The molecular formula is C7H9IN2O2. The van der Waals surface area contributed by atoms with Gasteiger partial charge in [-0.2, -0.15) is 0 Å². The molecule has 1 rings (SSSR count). The van der Waals surface area contributed by atoms with E-state index in [2.05, 4.69) is 22.6 Å². The van der Waals surface area contributed by atoms with Gasteiger partial charge in [0.15, 0.2) is 0 Å². The Balaban J connectivity index is 3.61. The molecule has 4 nitrogen and oxygen atoms in total. The second kappa shape index (κ2) is 3.42. The molecule has 66 valence electrons. The number of halogens is 1. The Labute approximate surface area is 83.0 Å². The van der Waals surface area contributed by atoms with Gasteiger partial charge in [-0.25, -0.2) is 4.79 Å². The highest BCUT2D eigenvalue weighted by Gasteiger charge is 2.02. The molecular weight excluding hydrogens is 271 g/mol. The molecule has 0 atom stereocenters. The monoisotopic (exact) mass is 280 g/mol. The Morgan fingerprint density at radius 3 is 2.42 bits per heavy atom. The minimum Gasteiger partial charge on any atom is -0.300 e. The lowest BCUT2D eigenvalue weighted by Gasteiger charge is -2.05. The number of alkyl halides is 1. The Morgan fingerprint density at radius 1 is 1.33 bits per heavy atom. The fraction of sp³-hybridized carbons (Fsp3) is 0.429. The third-order valence-electron chi connectivity index (χ3n) is 1.76. The van der Waals surface area contributed by atoms with Crippen LogP contribution < -0.4 is 11.2 Å². The molecule has 0 aromatic carbocycles. The molecule has 0 saturated carbocycles. The fourth-order valence-corrected chi connectivity index (χ4v) is 1.64. The lowest BCUT2D eigenvalue weighted by molar-refractivity contribution is 0.666. The van der Waals surface area contributed by atoms with Crippen molar-refractivity contribution in [3.05, 3.63) is 32.6 Å². The summed E-state index contributed by atoms with van der Waals surface area (Å²) in [5.41, 5.74) is 0.239. The van der Waals surface area contributed by atoms with Gasteiger partial charge in [-0.3, -0.25) is 13.9 Å². The first kappa shape index (κ1) is 9.50. The molecule has 1 aromatic heterocycles. The Bertz CT molecular complexity index is 405. The van der Waals surface area contributed by atoms with Crippen LogP contribution in [-0.4, -0.2) is 9.13 Å². The van der Waals surface area contributed by atoms with Gasteiger partial charge in [0, 0.05) is 30.3 Å². The molecule has 0 fully saturated rings. The summed E-state index contributed by atoms with van der Waals surface area (Å²) in [5, 5.41) is 0. The van der Waals surface area contributed by atoms with Crippen molar-refractivity contribution in [2.75, 3.05) is 0 Å². The first-order valence-electron chi connectivity index (χ1n) is 3.40. The summed E-state index contributed by atoms with van der Waals surface area (Å²) in [6, 6.07) is 1.48. The van der Waals surface area contributed by atoms with Crippen LogP contribution in [0.2, 0.25) is 0 Å². The maximum absolute atomic E-state index is 11.3. The zero-order valence-corrected chi connectivity index (χ0v) is 9.03. The quantitative estimate of drug-likeness (QED) is 0.537. The van der Waals surface area contributed by atoms with Crippen LogP contribution in [0.25, 0.3) is 0 Å². The summed E-state index contributed by atoms with van der Waals surface area (Å²) in [4.78, 5) is 22.4. The van der Waals surface area contributed by atoms with E-state index >= 15 is 0 Å². The van der Waals surface area contributed by atoms with Gasteiger partial charge >= 0.3 is 5.69 Å². The van der Waals surface area contributed by atoms with Crippen molar-refractivity contribution < 1.29 is 0 Å². The molecule has 0 saturated heterocycles. The first-order valence-corrected chi connectivity index (χ1v) is 4.92. The molecule has 1 aromatic rings. The van der Waals surface area contributed by atoms with Gasteiger partial charge in [0.05, 0.1) is 0 Å². The minimum atomic E-state index is -0.269. The molecule has 5 heteroatoms. The van der Waals surface area contributed by atoms with E-state index in [9.17, 15) is 9.59 Å². The van der Waals surface area contributed by atoms with Crippen molar-refractivity contribution in [1.82, 2.24) is 9.13 Å². The Hall–Kier alpha value is -0.590. The Morgan fingerprint density at radius 2 is 1.92 bits per heavy atom. The number of aromatic nitrogens is 2. The van der Waals surface area contributed by atoms with Crippen molar-refractivity contribution in [3.63, 3.8) is 0 Å². The molecule has 12 heavy (non-hydrogen) atoms. The summed E-state index contributed by atoms with van der Waals surface area (Å²) in [7, 11) is 3.14. The fourth-order valence-electron chi connectivity index (χ4n) is 0.907. The molecule has 0 aliphatic rings. The molecule has 1 heterocycles. The molecule has 0 spiro atoms. The van der Waals surface area contributed by atoms with Crippen LogP contribution in [0.3, 0.4) is 0 Å². The van der Waals surface area contributed by atoms with Gasteiger partial charge in [0.1, 0.15) is 0 Å². The van der Waals surface area contributed by atoms with Gasteiger partial charge in [0.2, 0.25) is 0 Å². The van der Waals surface area contributed by atoms with Crippen LogP contribution in [-0.2, 0) is 18.5 Å². The van der Waals surface area contributed by atoms with Crippen LogP contribution in [0, 0.1) is 0 Å². The molecule has 0 aliphatic heterocycles. The summed E-state index contributed by atoms with van der Waals surface area (Å²) in [5.74, 6) is 0. The normalized spacial score (nSPS) is 10.2. The average Bonchev–Trinajstić information content (AvgIpc) is 2.08. The highest BCUT2D eigenvalue weighted by Crippen LogP contribution is 1.98. The van der Waals surface area contributed by atoms with E-state index in [0.29, 0.717) is 4.43 Å². The van der Waals surface area contributed by atoms with Crippen molar-refractivity contribution in [2.45, 2.75) is 4.43 Å². The molecule has 0 amide bonds. The van der Waals surface area contributed by atoms with E-state index in [1.807, 2.05) is 0 Å². The summed E-state index contributed by atoms with van der Waals surface area (Å²) in [6.07, 6.45) is 0. The van der Waals surface area contributed by atoms with E-state index in [1.54, 1.807) is 7.05 Å². The second-order valence-electron chi connectivity index (χ2n) is 2.51. The second-order valence-corrected chi connectivity index (χ2v) is 3.27. The van der Waals surface area contributed by atoms with Crippen molar-refractivity contribution in [2.24, 2.45) is 14.1 Å². The lowest BCUT2D eigenvalue weighted by atomic mass is 10.4. The summed E-state index contributed by atoms with van der Waals surface area (Å²) < 4.78 is 3.24. The van der Waals surface area contributed by atoms with Crippen LogP contribution >= 0.6 is 22.6 Å². The van der Waals surface area contributed by atoms with E-state index in [1.165, 1.54) is 17.7 Å². The molecule has 0 aliphatic carbocycles. The smallest absolute Gasteiger partial charge is 0.300 e. The largest absolute Gasteiger partial charge is 0.330 e. The number of rotatable bonds is 1. The van der Waals surface area contributed by atoms with E-state index in [0.717, 1.165) is 10.3 Å². The van der Waals surface area contributed by atoms with Gasteiger partial charge < -0.3 is 0 Å². The Kier molecular flexibility index (Phi) is 2.71. The standard InChI is InChI=1S/C7H9IN2O2/c1-9-5(4-8)3-6(11)10(2)7(9)12/h3H,4H2,1-2H3. The zero-order chi connectivity index (χ0) is 9.30. The van der Waals surface area contributed by atoms with Crippen molar-refractivity contribution >= 4 is 22.6 Å². The maximum atomic E-state index is 11.3. The SMILES string of the molecule is Cn1c(CI)cc(=O)n(C)c1=O. The number of hydrogen-bond acceptors (Lipinski definition) is 2. The van der Waals surface area contributed by atoms with Gasteiger partial charge in [-0.05, 0) is 0 Å². The highest BCUT2D eigenvalue weighted by atomic mass is 127. The third kappa shape index (κ3) is 1.45. The van der Waals surface area contributed by atoms with Crippen LogP contribution in [0.4, 0.5) is 0 Å². The first-order chi connectivity index (χ1) is 5.57. The highest BCUT2D eigenvalue weighted by molar-refractivity contribution is 14.1. The van der Waals surface area contributed by atoms with Gasteiger partial charge in [-0.1, -0.05) is 22.6 Å². The van der Waals surface area contributed by atoms with Crippen molar-refractivity contribution in [3.8, 4) is 0 Å². The predicted molar refractivity (Wildman–Crippen MR) is 54.6 cm³/mol. The van der Waals surface area contributed by atoms with Crippen LogP contribution in [0.15, 0.2) is 15.7 Å². The number of hydrogen-bond donors (Lipinski definition) is 0. The molecule has 0 radical (unpaired) electrons. The van der Waals surface area contributed by atoms with Crippen molar-refractivity contribution in [1.29, 1.82) is 0 Å². The molecule has 0 bridgehead atoms. The van der Waals surface area contributed by atoms with Gasteiger partial charge in [-0.15, -0.1) is 0 Å². The minimum absolute atomic E-state index is 0.246. The van der Waals surface area contributed by atoms with Gasteiger partial charge in [0.25, 0.3) is 5.56 Å². The van der Waals surface area contributed by atoms with E-state index in [-0.39, 0.29) is 11.2 Å². The maximum Gasteiger partial charge on any atom is 0.330 e. The summed E-state index contributed by atoms with van der Waals surface area (Å²) in [6.45, 7) is 0. The summed E-state index contributed by atoms with van der Waals surface area (Å²) >= 11 is 2.12. The molecule has 0 unspecified atom stereocenters. The van der Waals surface area contributed by atoms with E-state index in [4.69, 9.17) is 0 Å². The molecule has 0 N–H and O–H groups in total. The lowest BCUT2D eigenvalue weighted by Crippen LogP contribution is -2.37. The van der Waals surface area contributed by atoms with Crippen LogP contribution in [0.5, 0.6) is 0 Å². The average molecular weight is 280 g/mol. The zero-order valence-electron chi connectivity index (χ0n) is 6.87. The predicted octanol–water partition coefficient (Wildman–Crippen LogP) is 0.0190. The third-order valence-corrected chi connectivity index (χ3v) is 2.54. The number of nitrogens with zero attached hydrogens (tertiary/aromatic N) is 2. The van der Waals surface area contributed by atoms with Crippen LogP contribution in [0.1, 0.15) is 5.69 Å². The topological polar surface area (TPSA) is 44.0 Å².